The molecule has 1 amide bonds. The number of nitrogens with one attached hydrogen (secondary N) is 1. The van der Waals surface area contributed by atoms with Crippen LogP contribution in [0.4, 0.5) is 4.39 Å². The van der Waals surface area contributed by atoms with Gasteiger partial charge in [-0.2, -0.15) is 0 Å². The van der Waals surface area contributed by atoms with Crippen molar-refractivity contribution in [3.63, 3.8) is 0 Å². The zero-order valence-corrected chi connectivity index (χ0v) is 15.9. The highest BCUT2D eigenvalue weighted by molar-refractivity contribution is 5.75. The van der Waals surface area contributed by atoms with E-state index >= 15 is 0 Å². The van der Waals surface area contributed by atoms with Gasteiger partial charge in [-0.05, 0) is 77.3 Å². The molecule has 0 radical (unpaired) electrons. The van der Waals surface area contributed by atoms with Gasteiger partial charge in [0.15, 0.2) is 0 Å². The summed E-state index contributed by atoms with van der Waals surface area (Å²) in [6.07, 6.45) is 6.22. The average Bonchev–Trinajstić information content (AvgIpc) is 3.17. The number of hydrogen-bond donors (Lipinski definition) is 1. The van der Waals surface area contributed by atoms with Gasteiger partial charge in [-0.3, -0.25) is 9.69 Å². The molecule has 1 aromatic carbocycles. The van der Waals surface area contributed by atoms with Gasteiger partial charge in [-0.15, -0.1) is 0 Å². The normalized spacial score (nSPS) is 21.0. The Balaban J connectivity index is 1.51. The van der Waals surface area contributed by atoms with Crippen LogP contribution in [0.3, 0.4) is 0 Å². The Morgan fingerprint density at radius 2 is 1.88 bits per heavy atom. The number of carbonyl (C=O) groups is 1. The van der Waals surface area contributed by atoms with Crippen LogP contribution in [0.2, 0.25) is 0 Å². The van der Waals surface area contributed by atoms with Crippen molar-refractivity contribution in [1.82, 2.24) is 15.1 Å². The number of nitrogens with zero attached hydrogens (tertiary/aromatic N) is 2. The standard InChI is InChI=1S/C21H32FN3O/c1-24-14-10-17(11-15-24)8-9-21(26)23-16-20(25-12-4-5-13-25)18-6-2-3-7-19(18)22/h2-3,6-7,17,20H,4-5,8-16H2,1H3,(H,23,26)/t20-/m1/s1. The van der Waals surface area contributed by atoms with Crippen LogP contribution in [0.15, 0.2) is 24.3 Å². The Labute approximate surface area is 156 Å². The van der Waals surface area contributed by atoms with E-state index in [1.54, 1.807) is 6.07 Å². The maximum Gasteiger partial charge on any atom is 0.220 e. The molecule has 1 aromatic rings. The van der Waals surface area contributed by atoms with Crippen LogP contribution in [0.25, 0.3) is 0 Å². The van der Waals surface area contributed by atoms with E-state index in [-0.39, 0.29) is 17.8 Å². The van der Waals surface area contributed by atoms with Crippen LogP contribution in [-0.4, -0.2) is 55.5 Å². The van der Waals surface area contributed by atoms with Gasteiger partial charge in [0.05, 0.1) is 6.04 Å². The lowest BCUT2D eigenvalue weighted by Gasteiger charge is -2.29. The monoisotopic (exact) mass is 361 g/mol. The summed E-state index contributed by atoms with van der Waals surface area (Å²) in [5, 5.41) is 3.08. The molecule has 0 bridgehead atoms. The summed E-state index contributed by atoms with van der Waals surface area (Å²) >= 11 is 0. The van der Waals surface area contributed by atoms with Crippen molar-refractivity contribution in [2.45, 2.75) is 44.6 Å². The highest BCUT2D eigenvalue weighted by atomic mass is 19.1. The summed E-state index contributed by atoms with van der Waals surface area (Å²) in [5.41, 5.74) is 0.699. The van der Waals surface area contributed by atoms with Crippen molar-refractivity contribution in [3.05, 3.63) is 35.6 Å². The maximum absolute atomic E-state index is 14.3. The fraction of sp³-hybridized carbons (Fsp3) is 0.667. The molecule has 5 heteroatoms. The van der Waals surface area contributed by atoms with Gasteiger partial charge in [0.2, 0.25) is 5.91 Å². The number of benzene rings is 1. The van der Waals surface area contributed by atoms with Crippen LogP contribution in [0, 0.1) is 11.7 Å². The molecule has 0 aliphatic carbocycles. The molecule has 3 rings (SSSR count). The largest absolute Gasteiger partial charge is 0.354 e. The van der Waals surface area contributed by atoms with E-state index < -0.39 is 0 Å². The van der Waals surface area contributed by atoms with E-state index in [1.807, 2.05) is 12.1 Å². The summed E-state index contributed by atoms with van der Waals surface area (Å²) in [6.45, 7) is 4.72. The van der Waals surface area contributed by atoms with Gasteiger partial charge >= 0.3 is 0 Å². The molecule has 0 spiro atoms. The summed E-state index contributed by atoms with van der Waals surface area (Å²) < 4.78 is 14.3. The Hall–Kier alpha value is -1.46. The number of carbonyl (C=O) groups excluding carboxylic acids is 1. The zero-order valence-electron chi connectivity index (χ0n) is 15.9. The topological polar surface area (TPSA) is 35.6 Å². The van der Waals surface area contributed by atoms with E-state index in [2.05, 4.69) is 22.2 Å². The number of likely N-dealkylation sites (tertiary alicyclic amines) is 2. The summed E-state index contributed by atoms with van der Waals surface area (Å²) in [5.74, 6) is 0.590. The van der Waals surface area contributed by atoms with Crippen LogP contribution >= 0.6 is 0 Å². The second-order valence-electron chi connectivity index (χ2n) is 7.87. The minimum absolute atomic E-state index is 0.0639. The molecule has 0 saturated carbocycles. The van der Waals surface area contributed by atoms with Crippen molar-refractivity contribution in [3.8, 4) is 0 Å². The first-order valence-electron chi connectivity index (χ1n) is 10.1. The van der Waals surface area contributed by atoms with E-state index in [0.717, 1.165) is 45.4 Å². The Kier molecular flexibility index (Phi) is 7.03. The first-order valence-corrected chi connectivity index (χ1v) is 10.1. The van der Waals surface area contributed by atoms with Gasteiger partial charge in [0, 0.05) is 18.5 Å². The molecule has 2 aliphatic rings. The lowest BCUT2D eigenvalue weighted by Crippen LogP contribution is -2.37. The lowest BCUT2D eigenvalue weighted by atomic mass is 9.92. The fourth-order valence-electron chi connectivity index (χ4n) is 4.22. The average molecular weight is 362 g/mol. The fourth-order valence-corrected chi connectivity index (χ4v) is 4.22. The van der Waals surface area contributed by atoms with Crippen LogP contribution in [-0.2, 0) is 4.79 Å². The molecular formula is C21H32FN3O. The molecule has 0 aromatic heterocycles. The third kappa shape index (κ3) is 5.27. The third-order valence-corrected chi connectivity index (χ3v) is 5.96. The Morgan fingerprint density at radius 1 is 1.19 bits per heavy atom. The predicted octanol–water partition coefficient (Wildman–Crippen LogP) is 3.20. The van der Waals surface area contributed by atoms with E-state index in [1.165, 1.54) is 18.9 Å². The summed E-state index contributed by atoms with van der Waals surface area (Å²) in [6, 6.07) is 6.90. The first-order chi connectivity index (χ1) is 12.6. The van der Waals surface area contributed by atoms with Gasteiger partial charge in [-0.1, -0.05) is 18.2 Å². The van der Waals surface area contributed by atoms with Crippen molar-refractivity contribution < 1.29 is 9.18 Å². The smallest absolute Gasteiger partial charge is 0.220 e. The van der Waals surface area contributed by atoms with Crippen LogP contribution < -0.4 is 5.32 Å². The number of piperidine rings is 1. The van der Waals surface area contributed by atoms with Crippen molar-refractivity contribution >= 4 is 5.91 Å². The molecule has 0 unspecified atom stereocenters. The molecule has 144 valence electrons. The maximum atomic E-state index is 14.3. The molecule has 2 aliphatic heterocycles. The molecule has 4 nitrogen and oxygen atoms in total. The van der Waals surface area contributed by atoms with E-state index in [9.17, 15) is 9.18 Å². The Bertz CT molecular complexity index is 580. The minimum atomic E-state index is -0.176. The van der Waals surface area contributed by atoms with Gasteiger partial charge in [0.1, 0.15) is 5.82 Å². The van der Waals surface area contributed by atoms with E-state index in [4.69, 9.17) is 0 Å². The molecule has 1 N–H and O–H groups in total. The molecule has 1 atom stereocenters. The molecule has 2 heterocycles. The second-order valence-corrected chi connectivity index (χ2v) is 7.87. The van der Waals surface area contributed by atoms with Gasteiger partial charge in [0.25, 0.3) is 0 Å². The number of hydrogen-bond acceptors (Lipinski definition) is 3. The SMILES string of the molecule is CN1CCC(CCC(=O)NC[C@H](c2ccccc2F)N2CCCC2)CC1. The molecule has 2 fully saturated rings. The number of rotatable bonds is 7. The Morgan fingerprint density at radius 3 is 2.58 bits per heavy atom. The zero-order chi connectivity index (χ0) is 18.4. The van der Waals surface area contributed by atoms with E-state index in [0.29, 0.717) is 24.4 Å². The summed E-state index contributed by atoms with van der Waals surface area (Å²) in [7, 11) is 2.16. The lowest BCUT2D eigenvalue weighted by molar-refractivity contribution is -0.121. The number of amides is 1. The quantitative estimate of drug-likeness (QED) is 0.810. The third-order valence-electron chi connectivity index (χ3n) is 5.96. The highest BCUT2D eigenvalue weighted by Gasteiger charge is 2.26. The molecule has 2 saturated heterocycles. The molecular weight excluding hydrogens is 329 g/mol. The minimum Gasteiger partial charge on any atom is -0.354 e. The highest BCUT2D eigenvalue weighted by Crippen LogP contribution is 2.26. The van der Waals surface area contributed by atoms with Crippen molar-refractivity contribution in [2.75, 3.05) is 39.8 Å². The van der Waals surface area contributed by atoms with Crippen LogP contribution in [0.1, 0.15) is 50.1 Å². The second kappa shape index (κ2) is 9.47. The van der Waals surface area contributed by atoms with Crippen molar-refractivity contribution in [2.24, 2.45) is 5.92 Å². The van der Waals surface area contributed by atoms with Gasteiger partial charge < -0.3 is 10.2 Å². The van der Waals surface area contributed by atoms with Crippen molar-refractivity contribution in [1.29, 1.82) is 0 Å². The predicted molar refractivity (Wildman–Crippen MR) is 102 cm³/mol. The van der Waals surface area contributed by atoms with Crippen LogP contribution in [0.5, 0.6) is 0 Å². The number of halogens is 1. The van der Waals surface area contributed by atoms with Gasteiger partial charge in [-0.25, -0.2) is 4.39 Å². The first kappa shape index (κ1) is 19.3. The summed E-state index contributed by atoms with van der Waals surface area (Å²) in [4.78, 5) is 17.0. The molecule has 26 heavy (non-hydrogen) atoms.